The van der Waals surface area contributed by atoms with Gasteiger partial charge in [0.15, 0.2) is 0 Å². The Morgan fingerprint density at radius 2 is 1.70 bits per heavy atom. The fourth-order valence-corrected chi connectivity index (χ4v) is 1.27. The van der Waals surface area contributed by atoms with Crippen molar-refractivity contribution in [1.29, 1.82) is 0 Å². The summed E-state index contributed by atoms with van der Waals surface area (Å²) in [5.41, 5.74) is 0. The van der Waals surface area contributed by atoms with Gasteiger partial charge in [-0.25, -0.2) is 0 Å². The first-order valence-electron chi connectivity index (χ1n) is 3.78. The fourth-order valence-electron chi connectivity index (χ4n) is 1.27. The van der Waals surface area contributed by atoms with Gasteiger partial charge < -0.3 is 14.2 Å². The maximum Gasteiger partial charge on any atom is 0.107 e. The molecule has 0 aromatic rings. The van der Waals surface area contributed by atoms with Gasteiger partial charge in [0, 0.05) is 6.61 Å². The molecule has 0 amide bonds. The van der Waals surface area contributed by atoms with E-state index in [-0.39, 0.29) is 6.10 Å². The Bertz CT molecular complexity index is 105. The fraction of sp³-hybridized carbons (Fsp3) is 1.00. The van der Waals surface area contributed by atoms with Crippen LogP contribution < -0.4 is 0 Å². The predicted molar refractivity (Wildman–Crippen MR) is 34.9 cm³/mol. The molecule has 0 radical (unpaired) electrons. The third-order valence-electron chi connectivity index (χ3n) is 1.99. The summed E-state index contributed by atoms with van der Waals surface area (Å²) in [4.78, 5) is 0. The highest BCUT2D eigenvalue weighted by Crippen LogP contribution is 2.19. The molecule has 0 spiro atoms. The first-order chi connectivity index (χ1) is 4.97. The molecule has 2 atom stereocenters. The van der Waals surface area contributed by atoms with Gasteiger partial charge in [-0.15, -0.1) is 0 Å². The summed E-state index contributed by atoms with van der Waals surface area (Å²) in [5, 5.41) is 0. The maximum atomic E-state index is 5.43. The summed E-state index contributed by atoms with van der Waals surface area (Å²) in [6.45, 7) is 3.07. The Morgan fingerprint density at radius 3 is 2.20 bits per heavy atom. The molecule has 2 saturated heterocycles. The van der Waals surface area contributed by atoms with Crippen LogP contribution in [0.25, 0.3) is 0 Å². The minimum Gasteiger partial charge on any atom is -0.376 e. The van der Waals surface area contributed by atoms with Crippen molar-refractivity contribution in [2.75, 3.05) is 26.4 Å². The largest absolute Gasteiger partial charge is 0.376 e. The highest BCUT2D eigenvalue weighted by Gasteiger charge is 2.30. The average Bonchev–Trinajstić information content (AvgIpc) is 1.86. The lowest BCUT2D eigenvalue weighted by atomic mass is 10.1. The molecular formula is C7H12O3. The second-order valence-electron chi connectivity index (χ2n) is 2.68. The molecule has 3 heteroatoms. The zero-order valence-electron chi connectivity index (χ0n) is 5.91. The monoisotopic (exact) mass is 144 g/mol. The molecule has 10 heavy (non-hydrogen) atoms. The molecule has 0 saturated carbocycles. The Kier molecular flexibility index (Phi) is 1.88. The Morgan fingerprint density at radius 1 is 0.900 bits per heavy atom. The Balaban J connectivity index is 1.78. The molecule has 2 rings (SSSR count). The summed E-state index contributed by atoms with van der Waals surface area (Å²) in [6, 6.07) is 0. The minimum absolute atomic E-state index is 0.211. The number of hydrogen-bond donors (Lipinski definition) is 0. The first-order valence-corrected chi connectivity index (χ1v) is 3.78. The van der Waals surface area contributed by atoms with Crippen LogP contribution in [0.1, 0.15) is 6.42 Å². The lowest BCUT2D eigenvalue weighted by molar-refractivity contribution is -0.185. The van der Waals surface area contributed by atoms with Crippen LogP contribution in [0.2, 0.25) is 0 Å². The molecule has 2 aliphatic heterocycles. The smallest absolute Gasteiger partial charge is 0.107 e. The van der Waals surface area contributed by atoms with Gasteiger partial charge in [0.25, 0.3) is 0 Å². The van der Waals surface area contributed by atoms with E-state index in [1.165, 1.54) is 0 Å². The van der Waals surface area contributed by atoms with Gasteiger partial charge in [-0.1, -0.05) is 0 Å². The van der Waals surface area contributed by atoms with E-state index in [1.54, 1.807) is 0 Å². The van der Waals surface area contributed by atoms with Crippen LogP contribution in [0.5, 0.6) is 0 Å². The van der Waals surface area contributed by atoms with Crippen molar-refractivity contribution >= 4 is 0 Å². The van der Waals surface area contributed by atoms with E-state index in [9.17, 15) is 0 Å². The van der Waals surface area contributed by atoms with Crippen molar-refractivity contribution in [2.45, 2.75) is 18.6 Å². The zero-order chi connectivity index (χ0) is 6.81. The van der Waals surface area contributed by atoms with E-state index < -0.39 is 0 Å². The predicted octanol–water partition coefficient (Wildman–Crippen LogP) is 0.191. The molecule has 0 bridgehead atoms. The normalized spacial score (nSPS) is 40.8. The van der Waals surface area contributed by atoms with Gasteiger partial charge in [0.05, 0.1) is 25.9 Å². The lowest BCUT2D eigenvalue weighted by Gasteiger charge is -2.35. The summed E-state index contributed by atoms with van der Waals surface area (Å²) >= 11 is 0. The van der Waals surface area contributed by atoms with E-state index in [0.29, 0.717) is 12.7 Å². The van der Waals surface area contributed by atoms with Crippen LogP contribution in [0, 0.1) is 0 Å². The third-order valence-corrected chi connectivity index (χ3v) is 1.99. The molecule has 2 heterocycles. The molecule has 2 fully saturated rings. The zero-order valence-corrected chi connectivity index (χ0v) is 5.91. The topological polar surface area (TPSA) is 27.7 Å². The molecule has 2 aliphatic rings. The minimum atomic E-state index is 0.211. The van der Waals surface area contributed by atoms with Gasteiger partial charge in [-0.05, 0) is 6.42 Å². The highest BCUT2D eigenvalue weighted by molar-refractivity contribution is 4.77. The van der Waals surface area contributed by atoms with Gasteiger partial charge in [0.2, 0.25) is 0 Å². The summed E-state index contributed by atoms with van der Waals surface area (Å²) in [7, 11) is 0. The quantitative estimate of drug-likeness (QED) is 0.526. The summed E-state index contributed by atoms with van der Waals surface area (Å²) < 4.78 is 15.9. The standard InChI is InChI=1S/C7H12O3/c1-2-9-6(1)7-5-8-3-4-10-7/h6-7H,1-5H2. The Labute approximate surface area is 60.3 Å². The molecule has 0 aliphatic carbocycles. The van der Waals surface area contributed by atoms with Crippen LogP contribution in [-0.2, 0) is 14.2 Å². The first kappa shape index (κ1) is 6.58. The van der Waals surface area contributed by atoms with Crippen LogP contribution in [0.15, 0.2) is 0 Å². The van der Waals surface area contributed by atoms with Crippen molar-refractivity contribution in [1.82, 2.24) is 0 Å². The van der Waals surface area contributed by atoms with Gasteiger partial charge in [-0.2, -0.15) is 0 Å². The molecule has 58 valence electrons. The van der Waals surface area contributed by atoms with Crippen LogP contribution in [0.4, 0.5) is 0 Å². The highest BCUT2D eigenvalue weighted by atomic mass is 16.6. The van der Waals surface area contributed by atoms with E-state index in [2.05, 4.69) is 0 Å². The van der Waals surface area contributed by atoms with Gasteiger partial charge in [0.1, 0.15) is 6.10 Å². The second-order valence-corrected chi connectivity index (χ2v) is 2.68. The Hall–Kier alpha value is -0.120. The van der Waals surface area contributed by atoms with E-state index >= 15 is 0 Å². The van der Waals surface area contributed by atoms with Gasteiger partial charge in [-0.3, -0.25) is 0 Å². The van der Waals surface area contributed by atoms with E-state index in [0.717, 1.165) is 26.2 Å². The summed E-state index contributed by atoms with van der Waals surface area (Å²) in [5.74, 6) is 0. The molecule has 3 nitrogen and oxygen atoms in total. The molecular weight excluding hydrogens is 132 g/mol. The molecule has 0 N–H and O–H groups in total. The lowest BCUT2D eigenvalue weighted by Crippen LogP contribution is -2.45. The molecule has 0 aromatic carbocycles. The SMILES string of the molecule is C1COC(C2CCO2)CO1. The van der Waals surface area contributed by atoms with E-state index in [4.69, 9.17) is 14.2 Å². The van der Waals surface area contributed by atoms with Gasteiger partial charge >= 0.3 is 0 Å². The summed E-state index contributed by atoms with van der Waals surface area (Å²) in [6.07, 6.45) is 1.66. The average molecular weight is 144 g/mol. The van der Waals surface area contributed by atoms with Crippen molar-refractivity contribution in [3.63, 3.8) is 0 Å². The van der Waals surface area contributed by atoms with Crippen LogP contribution in [-0.4, -0.2) is 38.6 Å². The maximum absolute atomic E-state index is 5.43. The van der Waals surface area contributed by atoms with Crippen LogP contribution in [0.3, 0.4) is 0 Å². The molecule has 2 unspecified atom stereocenters. The number of hydrogen-bond acceptors (Lipinski definition) is 3. The second kappa shape index (κ2) is 2.86. The molecule has 0 aromatic heterocycles. The van der Waals surface area contributed by atoms with Crippen molar-refractivity contribution in [3.8, 4) is 0 Å². The van der Waals surface area contributed by atoms with Crippen molar-refractivity contribution < 1.29 is 14.2 Å². The number of ether oxygens (including phenoxy) is 3. The van der Waals surface area contributed by atoms with Crippen LogP contribution >= 0.6 is 0 Å². The van der Waals surface area contributed by atoms with Crippen molar-refractivity contribution in [3.05, 3.63) is 0 Å². The van der Waals surface area contributed by atoms with Crippen molar-refractivity contribution in [2.24, 2.45) is 0 Å². The van der Waals surface area contributed by atoms with E-state index in [1.807, 2.05) is 0 Å². The number of rotatable bonds is 1. The third kappa shape index (κ3) is 1.17.